The summed E-state index contributed by atoms with van der Waals surface area (Å²) in [6, 6.07) is 23.7. The van der Waals surface area contributed by atoms with Crippen molar-refractivity contribution in [3.05, 3.63) is 101 Å². The number of allylic oxidation sites excluding steroid dienone is 1. The Hall–Kier alpha value is -3.81. The fourth-order valence-corrected chi connectivity index (χ4v) is 6.20. The summed E-state index contributed by atoms with van der Waals surface area (Å²) in [5.74, 6) is -0.660. The lowest BCUT2D eigenvalue weighted by molar-refractivity contribution is -0.137. The quantitative estimate of drug-likeness (QED) is 0.134. The lowest BCUT2D eigenvalue weighted by atomic mass is 9.92. The molecule has 7 nitrogen and oxygen atoms in total. The highest BCUT2D eigenvalue weighted by molar-refractivity contribution is 6.30. The minimum atomic E-state index is -0.938. The van der Waals surface area contributed by atoms with E-state index in [2.05, 4.69) is 47.1 Å². The first kappa shape index (κ1) is 35.1. The van der Waals surface area contributed by atoms with E-state index in [1.54, 1.807) is 12.1 Å². The summed E-state index contributed by atoms with van der Waals surface area (Å²) in [6.45, 7) is 7.21. The molecule has 1 heterocycles. The zero-order chi connectivity index (χ0) is 32.7. The summed E-state index contributed by atoms with van der Waals surface area (Å²) in [5.41, 5.74) is 3.58. The second kappa shape index (κ2) is 18.4. The number of nitrogens with zero attached hydrogens (tertiary/aromatic N) is 2. The number of para-hydroxylation sites is 1. The Morgan fingerprint density at radius 2 is 1.70 bits per heavy atom. The van der Waals surface area contributed by atoms with E-state index in [1.807, 2.05) is 42.5 Å². The van der Waals surface area contributed by atoms with Gasteiger partial charge in [-0.2, -0.15) is 0 Å². The first-order chi connectivity index (χ1) is 22.3. The minimum Gasteiger partial charge on any atom is -0.493 e. The molecule has 3 aromatic rings. The highest BCUT2D eigenvalue weighted by atomic mass is 35.5. The number of hydrogen-bond donors (Lipinski definition) is 2. The molecule has 2 N–H and O–H groups in total. The summed E-state index contributed by atoms with van der Waals surface area (Å²) in [4.78, 5) is 27.3. The van der Waals surface area contributed by atoms with Crippen LogP contribution in [-0.4, -0.2) is 65.9 Å². The van der Waals surface area contributed by atoms with Gasteiger partial charge in [0.15, 0.2) is 0 Å². The highest BCUT2D eigenvalue weighted by Crippen LogP contribution is 2.25. The number of ether oxygens (including phenoxy) is 1. The molecule has 8 heteroatoms. The first-order valence-corrected chi connectivity index (χ1v) is 16.8. The lowest BCUT2D eigenvalue weighted by Gasteiger charge is -2.41. The number of rotatable bonds is 18. The van der Waals surface area contributed by atoms with Gasteiger partial charge in [0.25, 0.3) is 0 Å². The van der Waals surface area contributed by atoms with Crippen LogP contribution in [0.1, 0.15) is 73.4 Å². The van der Waals surface area contributed by atoms with E-state index < -0.39 is 11.9 Å². The lowest BCUT2D eigenvalue weighted by Crippen LogP contribution is -2.52. The molecule has 1 aliphatic heterocycles. The molecule has 2 atom stereocenters. The molecule has 0 bridgehead atoms. The zero-order valence-electron chi connectivity index (χ0n) is 26.8. The highest BCUT2D eigenvalue weighted by Gasteiger charge is 2.23. The topological polar surface area (TPSA) is 90.3 Å². The van der Waals surface area contributed by atoms with Gasteiger partial charge in [-0.1, -0.05) is 60.5 Å². The molecule has 246 valence electrons. The molecule has 1 saturated heterocycles. The summed E-state index contributed by atoms with van der Waals surface area (Å²) < 4.78 is 6.23. The molecule has 0 spiro atoms. The molecule has 0 amide bonds. The fourth-order valence-electron chi connectivity index (χ4n) is 6.07. The molecule has 0 saturated carbocycles. The average Bonchev–Trinajstić information content (AvgIpc) is 3.04. The van der Waals surface area contributed by atoms with Crippen LogP contribution in [-0.2, 0) is 11.2 Å². The largest absolute Gasteiger partial charge is 0.493 e. The second-order valence-electron chi connectivity index (χ2n) is 12.2. The van der Waals surface area contributed by atoms with E-state index in [0.717, 1.165) is 86.6 Å². The molecular weight excluding hydrogens is 600 g/mol. The second-order valence-corrected chi connectivity index (χ2v) is 12.7. The van der Waals surface area contributed by atoms with Crippen LogP contribution in [0.15, 0.2) is 78.9 Å². The van der Waals surface area contributed by atoms with Crippen LogP contribution in [0, 0.1) is 5.92 Å². The molecule has 3 aromatic carbocycles. The molecular formula is C38H47ClN2O5. The smallest absolute Gasteiger partial charge is 0.335 e. The Labute approximate surface area is 278 Å². The van der Waals surface area contributed by atoms with E-state index in [4.69, 9.17) is 21.4 Å². The average molecular weight is 647 g/mol. The first-order valence-electron chi connectivity index (χ1n) is 16.5. The number of anilines is 1. The van der Waals surface area contributed by atoms with Crippen LogP contribution in [0.3, 0.4) is 0 Å². The minimum absolute atomic E-state index is 0.167. The van der Waals surface area contributed by atoms with Crippen molar-refractivity contribution in [1.29, 1.82) is 0 Å². The number of benzene rings is 3. The van der Waals surface area contributed by atoms with Gasteiger partial charge in [0, 0.05) is 48.4 Å². The van der Waals surface area contributed by atoms with E-state index in [9.17, 15) is 14.7 Å². The maximum Gasteiger partial charge on any atom is 0.335 e. The van der Waals surface area contributed by atoms with E-state index in [-0.39, 0.29) is 17.9 Å². The number of carboxylic acids is 2. The maximum absolute atomic E-state index is 11.2. The van der Waals surface area contributed by atoms with Crippen molar-refractivity contribution in [3.63, 3.8) is 0 Å². The third-order valence-electron chi connectivity index (χ3n) is 8.63. The van der Waals surface area contributed by atoms with Crippen LogP contribution in [0.2, 0.25) is 5.02 Å². The van der Waals surface area contributed by atoms with Crippen LogP contribution >= 0.6 is 11.6 Å². The Morgan fingerprint density at radius 3 is 2.41 bits per heavy atom. The van der Waals surface area contributed by atoms with Crippen LogP contribution < -0.4 is 9.64 Å². The van der Waals surface area contributed by atoms with Crippen molar-refractivity contribution in [2.75, 3.05) is 37.7 Å². The van der Waals surface area contributed by atoms with Crippen molar-refractivity contribution in [2.45, 2.75) is 64.3 Å². The number of piperazine rings is 1. The van der Waals surface area contributed by atoms with Gasteiger partial charge in [-0.3, -0.25) is 9.69 Å². The Bertz CT molecular complexity index is 1410. The predicted molar refractivity (Wildman–Crippen MR) is 186 cm³/mol. The summed E-state index contributed by atoms with van der Waals surface area (Å²) in [7, 11) is 0. The number of aliphatic carboxylic acids is 1. The normalized spacial score (nSPS) is 16.0. The summed E-state index contributed by atoms with van der Waals surface area (Å²) in [6.07, 6.45) is 10.8. The van der Waals surface area contributed by atoms with Crippen molar-refractivity contribution >= 4 is 35.3 Å². The van der Waals surface area contributed by atoms with Gasteiger partial charge in [-0.05, 0) is 106 Å². The fraction of sp³-hybridized carbons (Fsp3) is 0.421. The SMILES string of the molecule is CC1CN(CCCCCOc2ccccc2/C=C/C(CCCCC(=O)O)Cc2ccc(C(=O)O)cc2)CCN1c1ccc(Cl)cc1. The van der Waals surface area contributed by atoms with Gasteiger partial charge in [-0.15, -0.1) is 0 Å². The third-order valence-corrected chi connectivity index (χ3v) is 8.88. The van der Waals surface area contributed by atoms with Gasteiger partial charge < -0.3 is 19.8 Å². The van der Waals surface area contributed by atoms with Crippen LogP contribution in [0.25, 0.3) is 6.08 Å². The number of aromatic carboxylic acids is 1. The van der Waals surface area contributed by atoms with E-state index >= 15 is 0 Å². The van der Waals surface area contributed by atoms with Gasteiger partial charge in [-0.25, -0.2) is 4.79 Å². The van der Waals surface area contributed by atoms with Crippen LogP contribution in [0.5, 0.6) is 5.75 Å². The van der Waals surface area contributed by atoms with Crippen molar-refractivity contribution < 1.29 is 24.5 Å². The van der Waals surface area contributed by atoms with Gasteiger partial charge in [0.1, 0.15) is 5.75 Å². The van der Waals surface area contributed by atoms with E-state index in [0.29, 0.717) is 19.1 Å². The summed E-state index contributed by atoms with van der Waals surface area (Å²) in [5, 5.41) is 19.0. The number of carboxylic acid groups (broad SMARTS) is 2. The standard InChI is InChI=1S/C38H47ClN2O5/c1-29-28-40(24-25-41(29)35-21-19-34(39)20-22-35)23-7-2-8-26-46-36-11-5-4-10-32(36)16-13-30(9-3-6-12-37(42)43)27-31-14-17-33(18-15-31)38(44)45/h4-5,10-11,13-22,29-30H,2-3,6-9,12,23-28H2,1H3,(H,42,43)(H,44,45)/b16-13+. The Morgan fingerprint density at radius 1 is 0.935 bits per heavy atom. The van der Waals surface area contributed by atoms with Crippen molar-refractivity contribution in [3.8, 4) is 5.75 Å². The van der Waals surface area contributed by atoms with Gasteiger partial charge >= 0.3 is 11.9 Å². The Balaban J connectivity index is 1.23. The Kier molecular flexibility index (Phi) is 14.0. The molecule has 46 heavy (non-hydrogen) atoms. The molecule has 1 aliphatic rings. The molecule has 1 fully saturated rings. The van der Waals surface area contributed by atoms with Gasteiger partial charge in [0.05, 0.1) is 12.2 Å². The summed E-state index contributed by atoms with van der Waals surface area (Å²) >= 11 is 6.07. The number of halogens is 1. The molecule has 0 radical (unpaired) electrons. The van der Waals surface area contributed by atoms with Crippen molar-refractivity contribution in [2.24, 2.45) is 5.92 Å². The van der Waals surface area contributed by atoms with Crippen molar-refractivity contribution in [1.82, 2.24) is 4.90 Å². The molecule has 2 unspecified atom stereocenters. The zero-order valence-corrected chi connectivity index (χ0v) is 27.6. The monoisotopic (exact) mass is 646 g/mol. The van der Waals surface area contributed by atoms with Crippen LogP contribution in [0.4, 0.5) is 5.69 Å². The maximum atomic E-state index is 11.2. The van der Waals surface area contributed by atoms with E-state index in [1.165, 1.54) is 5.69 Å². The van der Waals surface area contributed by atoms with Gasteiger partial charge in [0.2, 0.25) is 0 Å². The number of carbonyl (C=O) groups is 2. The molecule has 0 aliphatic carbocycles. The molecule has 0 aromatic heterocycles. The number of hydrogen-bond acceptors (Lipinski definition) is 5. The molecule has 4 rings (SSSR count). The number of unbranched alkanes of at least 4 members (excludes halogenated alkanes) is 3. The predicted octanol–water partition coefficient (Wildman–Crippen LogP) is 8.32. The third kappa shape index (κ3) is 11.5.